The first-order valence-electron chi connectivity index (χ1n) is 6.97. The van der Waals surface area contributed by atoms with Crippen LogP contribution in [0.4, 0.5) is 0 Å². The van der Waals surface area contributed by atoms with E-state index in [1.807, 2.05) is 11.9 Å². The lowest BCUT2D eigenvalue weighted by atomic mass is 9.98. The van der Waals surface area contributed by atoms with E-state index in [2.05, 4.69) is 18.7 Å². The summed E-state index contributed by atoms with van der Waals surface area (Å²) in [5.41, 5.74) is -0.780. The highest BCUT2D eigenvalue weighted by Crippen LogP contribution is 2.24. The number of rotatable bonds is 4. The highest BCUT2D eigenvalue weighted by molar-refractivity contribution is 5.77. The molecule has 1 N–H and O–H groups in total. The minimum absolute atomic E-state index is 0.375. The molecule has 0 amide bonds. The van der Waals surface area contributed by atoms with E-state index in [9.17, 15) is 9.90 Å². The summed E-state index contributed by atoms with van der Waals surface area (Å²) in [6, 6.07) is 0.960. The van der Waals surface area contributed by atoms with Gasteiger partial charge in [-0.3, -0.25) is 9.69 Å². The van der Waals surface area contributed by atoms with Gasteiger partial charge in [0.05, 0.1) is 0 Å². The average Bonchev–Trinajstić information content (AvgIpc) is 2.52. The summed E-state index contributed by atoms with van der Waals surface area (Å²) in [7, 11) is 1.95. The van der Waals surface area contributed by atoms with E-state index in [1.54, 1.807) is 13.8 Å². The third kappa shape index (κ3) is 3.45. The number of aliphatic carboxylic acids is 1. The molecule has 1 aliphatic heterocycles. The third-order valence-electron chi connectivity index (χ3n) is 4.42. The van der Waals surface area contributed by atoms with Gasteiger partial charge in [-0.2, -0.15) is 0 Å². The molecule has 1 unspecified atom stereocenters. The van der Waals surface area contributed by atoms with Crippen molar-refractivity contribution >= 4 is 5.97 Å². The molecule has 0 aromatic rings. The van der Waals surface area contributed by atoms with E-state index in [0.29, 0.717) is 12.1 Å². The standard InChI is InChI=1S/C14H28N2O2/c1-11(2)16-9-6-7-12(8-10-16)15(5)14(3,4)13(17)18/h11-12H,6-10H2,1-5H3,(H,17,18). The van der Waals surface area contributed by atoms with Crippen LogP contribution in [0.25, 0.3) is 0 Å². The van der Waals surface area contributed by atoms with Crippen LogP contribution < -0.4 is 0 Å². The predicted molar refractivity (Wildman–Crippen MR) is 73.8 cm³/mol. The summed E-state index contributed by atoms with van der Waals surface area (Å²) in [6.45, 7) is 10.2. The smallest absolute Gasteiger partial charge is 0.323 e. The molecule has 1 rings (SSSR count). The van der Waals surface area contributed by atoms with E-state index in [0.717, 1.165) is 32.4 Å². The average molecular weight is 256 g/mol. The van der Waals surface area contributed by atoms with Gasteiger partial charge in [-0.15, -0.1) is 0 Å². The molecule has 1 atom stereocenters. The Morgan fingerprint density at radius 3 is 2.44 bits per heavy atom. The van der Waals surface area contributed by atoms with Crippen LogP contribution >= 0.6 is 0 Å². The van der Waals surface area contributed by atoms with Gasteiger partial charge in [-0.25, -0.2) is 0 Å². The van der Waals surface area contributed by atoms with Crippen LogP contribution in [-0.2, 0) is 4.79 Å². The van der Waals surface area contributed by atoms with Crippen LogP contribution in [0.15, 0.2) is 0 Å². The van der Waals surface area contributed by atoms with Crippen molar-refractivity contribution < 1.29 is 9.90 Å². The lowest BCUT2D eigenvalue weighted by Gasteiger charge is -2.38. The highest BCUT2D eigenvalue weighted by Gasteiger charge is 2.36. The highest BCUT2D eigenvalue weighted by atomic mass is 16.4. The fourth-order valence-corrected chi connectivity index (χ4v) is 2.61. The van der Waals surface area contributed by atoms with Crippen LogP contribution in [0.2, 0.25) is 0 Å². The molecule has 0 radical (unpaired) electrons. The number of nitrogens with zero attached hydrogens (tertiary/aromatic N) is 2. The van der Waals surface area contributed by atoms with Gasteiger partial charge in [-0.05, 0) is 67.1 Å². The molecule has 1 heterocycles. The first kappa shape index (κ1) is 15.4. The van der Waals surface area contributed by atoms with E-state index < -0.39 is 11.5 Å². The maximum Gasteiger partial charge on any atom is 0.323 e. The molecular weight excluding hydrogens is 228 g/mol. The van der Waals surface area contributed by atoms with E-state index >= 15 is 0 Å². The summed E-state index contributed by atoms with van der Waals surface area (Å²) in [5.74, 6) is -0.741. The van der Waals surface area contributed by atoms with Gasteiger partial charge in [0.2, 0.25) is 0 Å². The molecule has 1 fully saturated rings. The quantitative estimate of drug-likeness (QED) is 0.836. The molecule has 0 saturated carbocycles. The lowest BCUT2D eigenvalue weighted by Crippen LogP contribution is -2.52. The summed E-state index contributed by atoms with van der Waals surface area (Å²) in [4.78, 5) is 15.8. The van der Waals surface area contributed by atoms with Crippen molar-refractivity contribution in [2.24, 2.45) is 0 Å². The van der Waals surface area contributed by atoms with Crippen LogP contribution in [0, 0.1) is 0 Å². The van der Waals surface area contributed by atoms with Crippen molar-refractivity contribution in [3.63, 3.8) is 0 Å². The first-order chi connectivity index (χ1) is 8.26. The maximum atomic E-state index is 11.3. The Bertz CT molecular complexity index is 290. The van der Waals surface area contributed by atoms with Crippen molar-refractivity contribution in [2.45, 2.75) is 64.6 Å². The molecule has 106 valence electrons. The number of likely N-dealkylation sites (N-methyl/N-ethyl adjacent to an activating group) is 1. The summed E-state index contributed by atoms with van der Waals surface area (Å²) in [6.07, 6.45) is 3.31. The fourth-order valence-electron chi connectivity index (χ4n) is 2.61. The number of carbonyl (C=O) groups is 1. The molecule has 0 spiro atoms. The van der Waals surface area contributed by atoms with Crippen LogP contribution in [0.5, 0.6) is 0 Å². The first-order valence-corrected chi connectivity index (χ1v) is 6.97. The summed E-state index contributed by atoms with van der Waals surface area (Å²) in [5, 5.41) is 9.30. The summed E-state index contributed by atoms with van der Waals surface area (Å²) < 4.78 is 0. The van der Waals surface area contributed by atoms with Crippen molar-refractivity contribution in [3.8, 4) is 0 Å². The fraction of sp³-hybridized carbons (Fsp3) is 0.929. The van der Waals surface area contributed by atoms with E-state index in [4.69, 9.17) is 0 Å². The Labute approximate surface area is 111 Å². The van der Waals surface area contributed by atoms with Crippen LogP contribution in [-0.4, -0.2) is 58.6 Å². The second-order valence-electron chi connectivity index (χ2n) is 6.19. The van der Waals surface area contributed by atoms with Gasteiger partial charge >= 0.3 is 5.97 Å². The monoisotopic (exact) mass is 256 g/mol. The van der Waals surface area contributed by atoms with Crippen molar-refractivity contribution in [1.82, 2.24) is 9.80 Å². The third-order valence-corrected chi connectivity index (χ3v) is 4.42. The minimum atomic E-state index is -0.780. The van der Waals surface area contributed by atoms with Crippen molar-refractivity contribution in [3.05, 3.63) is 0 Å². The Morgan fingerprint density at radius 2 is 1.94 bits per heavy atom. The van der Waals surface area contributed by atoms with Gasteiger partial charge in [0.25, 0.3) is 0 Å². The molecule has 1 aliphatic rings. The largest absolute Gasteiger partial charge is 0.480 e. The van der Waals surface area contributed by atoms with Crippen molar-refractivity contribution in [1.29, 1.82) is 0 Å². The van der Waals surface area contributed by atoms with E-state index in [1.165, 1.54) is 0 Å². The molecule has 0 bridgehead atoms. The molecule has 4 heteroatoms. The number of hydrogen-bond acceptors (Lipinski definition) is 3. The predicted octanol–water partition coefficient (Wildman–Crippen LogP) is 2.04. The zero-order valence-electron chi connectivity index (χ0n) is 12.4. The number of likely N-dealkylation sites (tertiary alicyclic amines) is 1. The lowest BCUT2D eigenvalue weighted by molar-refractivity contribution is -0.150. The number of hydrogen-bond donors (Lipinski definition) is 1. The minimum Gasteiger partial charge on any atom is -0.480 e. The topological polar surface area (TPSA) is 43.8 Å². The number of carboxylic acids is 1. The molecule has 18 heavy (non-hydrogen) atoms. The van der Waals surface area contributed by atoms with Gasteiger partial charge < -0.3 is 10.0 Å². The number of carboxylic acid groups (broad SMARTS) is 1. The molecule has 0 aliphatic carbocycles. The molecule has 0 aromatic carbocycles. The second kappa shape index (κ2) is 6.02. The Kier molecular flexibility index (Phi) is 5.17. The van der Waals surface area contributed by atoms with Gasteiger partial charge in [0, 0.05) is 12.1 Å². The van der Waals surface area contributed by atoms with Gasteiger partial charge in [0.1, 0.15) is 5.54 Å². The Hall–Kier alpha value is -0.610. The maximum absolute atomic E-state index is 11.3. The normalized spacial score (nSPS) is 23.4. The van der Waals surface area contributed by atoms with Crippen LogP contribution in [0.3, 0.4) is 0 Å². The molecule has 4 nitrogen and oxygen atoms in total. The molecular formula is C14H28N2O2. The molecule has 0 aromatic heterocycles. The summed E-state index contributed by atoms with van der Waals surface area (Å²) >= 11 is 0. The van der Waals surface area contributed by atoms with Crippen molar-refractivity contribution in [2.75, 3.05) is 20.1 Å². The zero-order valence-corrected chi connectivity index (χ0v) is 12.4. The van der Waals surface area contributed by atoms with Gasteiger partial charge in [0.15, 0.2) is 0 Å². The molecule has 1 saturated heterocycles. The van der Waals surface area contributed by atoms with E-state index in [-0.39, 0.29) is 0 Å². The Balaban J connectivity index is 2.65. The Morgan fingerprint density at radius 1 is 1.33 bits per heavy atom. The second-order valence-corrected chi connectivity index (χ2v) is 6.19. The SMILES string of the molecule is CC(C)N1CCCC(N(C)C(C)(C)C(=O)O)CC1. The van der Waals surface area contributed by atoms with Gasteiger partial charge in [-0.1, -0.05) is 0 Å². The van der Waals surface area contributed by atoms with Crippen LogP contribution in [0.1, 0.15) is 47.0 Å². The zero-order chi connectivity index (χ0) is 13.9.